The summed E-state index contributed by atoms with van der Waals surface area (Å²) >= 11 is 0. The SMILES string of the molecule is Cc1ccc(NC(=O)c2ccnc(C(C)(C)F)c2)cc1-c1cncc(-c2ccnc(C=O)c2)c1. The second-order valence-corrected chi connectivity index (χ2v) is 8.44. The van der Waals surface area contributed by atoms with Gasteiger partial charge in [-0.3, -0.25) is 24.5 Å². The molecule has 0 bridgehead atoms. The van der Waals surface area contributed by atoms with Crippen molar-refractivity contribution in [2.24, 2.45) is 0 Å². The number of nitrogens with one attached hydrogen (secondary N) is 1. The minimum Gasteiger partial charge on any atom is -0.322 e. The Hall–Kier alpha value is -4.26. The lowest BCUT2D eigenvalue weighted by molar-refractivity contribution is 0.102. The third kappa shape index (κ3) is 5.04. The van der Waals surface area contributed by atoms with Crippen molar-refractivity contribution in [3.63, 3.8) is 0 Å². The van der Waals surface area contributed by atoms with Gasteiger partial charge in [0.25, 0.3) is 5.91 Å². The molecule has 3 heterocycles. The fourth-order valence-electron chi connectivity index (χ4n) is 3.55. The van der Waals surface area contributed by atoms with Crippen molar-refractivity contribution in [1.29, 1.82) is 0 Å². The molecule has 4 aromatic rings. The van der Waals surface area contributed by atoms with Gasteiger partial charge in [-0.15, -0.1) is 0 Å². The van der Waals surface area contributed by atoms with Crippen molar-refractivity contribution in [1.82, 2.24) is 15.0 Å². The third-order valence-corrected chi connectivity index (χ3v) is 5.41. The van der Waals surface area contributed by atoms with E-state index in [2.05, 4.69) is 20.3 Å². The molecule has 0 aliphatic carbocycles. The Kier molecular flexibility index (Phi) is 6.27. The van der Waals surface area contributed by atoms with Crippen molar-refractivity contribution in [2.45, 2.75) is 26.4 Å². The molecule has 0 aliphatic heterocycles. The average molecular weight is 455 g/mol. The standard InChI is InChI=1S/C27H23FN4O2/c1-17-4-5-22(32-26(34)19-7-9-31-25(12-19)27(2,3)28)13-24(17)21-10-20(14-29-15-21)18-6-8-30-23(11-18)16-33/h4-16H,1-3H3,(H,32,34). The summed E-state index contributed by atoms with van der Waals surface area (Å²) in [6, 6.07) is 14.1. The molecule has 170 valence electrons. The van der Waals surface area contributed by atoms with Gasteiger partial charge in [-0.05, 0) is 79.9 Å². The second-order valence-electron chi connectivity index (χ2n) is 8.44. The molecular formula is C27H23FN4O2. The molecule has 4 rings (SSSR count). The van der Waals surface area contributed by atoms with Gasteiger partial charge < -0.3 is 5.32 Å². The molecule has 0 unspecified atom stereocenters. The predicted octanol–water partition coefficient (Wildman–Crippen LogP) is 5.78. The van der Waals surface area contributed by atoms with Crippen LogP contribution in [0, 0.1) is 6.92 Å². The van der Waals surface area contributed by atoms with Crippen LogP contribution in [0.2, 0.25) is 0 Å². The number of alkyl halides is 1. The highest BCUT2D eigenvalue weighted by atomic mass is 19.1. The summed E-state index contributed by atoms with van der Waals surface area (Å²) in [5.41, 5.74) is 4.26. The Morgan fingerprint density at radius 2 is 1.71 bits per heavy atom. The van der Waals surface area contributed by atoms with Crippen molar-refractivity contribution < 1.29 is 14.0 Å². The normalized spacial score (nSPS) is 11.2. The predicted molar refractivity (Wildman–Crippen MR) is 129 cm³/mol. The molecular weight excluding hydrogens is 431 g/mol. The summed E-state index contributed by atoms with van der Waals surface area (Å²) in [7, 11) is 0. The maximum Gasteiger partial charge on any atom is 0.255 e. The summed E-state index contributed by atoms with van der Waals surface area (Å²) in [6.45, 7) is 4.78. The van der Waals surface area contributed by atoms with E-state index in [-0.39, 0.29) is 11.6 Å². The number of carbonyl (C=O) groups excluding carboxylic acids is 2. The van der Waals surface area contributed by atoms with Gasteiger partial charge in [0.1, 0.15) is 11.4 Å². The smallest absolute Gasteiger partial charge is 0.255 e. The summed E-state index contributed by atoms with van der Waals surface area (Å²) in [6.07, 6.45) is 7.19. The van der Waals surface area contributed by atoms with E-state index in [4.69, 9.17) is 0 Å². The molecule has 6 nitrogen and oxygen atoms in total. The number of pyridine rings is 3. The van der Waals surface area contributed by atoms with Gasteiger partial charge in [0.15, 0.2) is 6.29 Å². The van der Waals surface area contributed by atoms with Gasteiger partial charge >= 0.3 is 0 Å². The molecule has 1 aromatic carbocycles. The maximum atomic E-state index is 14.3. The first-order valence-corrected chi connectivity index (χ1v) is 10.7. The van der Waals surface area contributed by atoms with Crippen LogP contribution in [-0.2, 0) is 5.67 Å². The lowest BCUT2D eigenvalue weighted by atomic mass is 9.98. The highest BCUT2D eigenvalue weighted by Crippen LogP contribution is 2.30. The molecule has 7 heteroatoms. The fourth-order valence-corrected chi connectivity index (χ4v) is 3.55. The lowest BCUT2D eigenvalue weighted by Crippen LogP contribution is -2.16. The fraction of sp³-hybridized carbons (Fsp3) is 0.148. The summed E-state index contributed by atoms with van der Waals surface area (Å²) in [4.78, 5) is 36.3. The van der Waals surface area contributed by atoms with E-state index < -0.39 is 5.67 Å². The lowest BCUT2D eigenvalue weighted by Gasteiger charge is -2.15. The van der Waals surface area contributed by atoms with E-state index in [0.29, 0.717) is 23.2 Å². The number of halogens is 1. The molecule has 0 atom stereocenters. The highest BCUT2D eigenvalue weighted by Gasteiger charge is 2.22. The van der Waals surface area contributed by atoms with Crippen LogP contribution in [0.3, 0.4) is 0 Å². The number of anilines is 1. The van der Waals surface area contributed by atoms with E-state index in [0.717, 1.165) is 27.8 Å². The van der Waals surface area contributed by atoms with Crippen molar-refractivity contribution in [2.75, 3.05) is 5.32 Å². The van der Waals surface area contributed by atoms with Crippen molar-refractivity contribution in [3.8, 4) is 22.3 Å². The van der Waals surface area contributed by atoms with Crippen LogP contribution in [0.5, 0.6) is 0 Å². The number of rotatable bonds is 6. The highest BCUT2D eigenvalue weighted by molar-refractivity contribution is 6.04. The number of aldehydes is 1. The van der Waals surface area contributed by atoms with E-state index in [1.165, 1.54) is 26.1 Å². The maximum absolute atomic E-state index is 14.3. The Morgan fingerprint density at radius 1 is 0.941 bits per heavy atom. The molecule has 3 aromatic heterocycles. The van der Waals surface area contributed by atoms with Crippen LogP contribution in [0.15, 0.2) is 73.3 Å². The monoisotopic (exact) mass is 454 g/mol. The molecule has 1 amide bonds. The van der Waals surface area contributed by atoms with Gasteiger partial charge in [-0.25, -0.2) is 4.39 Å². The number of hydrogen-bond donors (Lipinski definition) is 1. The number of benzene rings is 1. The summed E-state index contributed by atoms with van der Waals surface area (Å²) in [5.74, 6) is -0.354. The van der Waals surface area contributed by atoms with Gasteiger partial charge in [-0.2, -0.15) is 0 Å². The number of hydrogen-bond acceptors (Lipinski definition) is 5. The Balaban J connectivity index is 1.63. The Morgan fingerprint density at radius 3 is 2.47 bits per heavy atom. The van der Waals surface area contributed by atoms with Crippen molar-refractivity contribution in [3.05, 3.63) is 95.8 Å². The zero-order valence-electron chi connectivity index (χ0n) is 19.0. The second kappa shape index (κ2) is 9.31. The first-order valence-electron chi connectivity index (χ1n) is 10.7. The molecule has 0 fully saturated rings. The number of nitrogens with zero attached hydrogens (tertiary/aromatic N) is 3. The van der Waals surface area contributed by atoms with Crippen LogP contribution >= 0.6 is 0 Å². The van der Waals surface area contributed by atoms with Crippen LogP contribution in [0.1, 0.15) is 46.0 Å². The minimum absolute atomic E-state index is 0.196. The summed E-state index contributed by atoms with van der Waals surface area (Å²) in [5, 5.41) is 2.88. The molecule has 0 radical (unpaired) electrons. The molecule has 1 N–H and O–H groups in total. The number of aromatic nitrogens is 3. The first kappa shape index (κ1) is 22.9. The van der Waals surface area contributed by atoms with Crippen LogP contribution in [0.25, 0.3) is 22.3 Å². The molecule has 0 spiro atoms. The Bertz CT molecular complexity index is 1380. The van der Waals surface area contributed by atoms with Gasteiger partial charge in [0, 0.05) is 47.2 Å². The topological polar surface area (TPSA) is 84.8 Å². The number of amides is 1. The largest absolute Gasteiger partial charge is 0.322 e. The van der Waals surface area contributed by atoms with Crippen molar-refractivity contribution >= 4 is 17.9 Å². The zero-order valence-corrected chi connectivity index (χ0v) is 19.0. The quantitative estimate of drug-likeness (QED) is 0.373. The molecule has 0 aliphatic rings. The van der Waals surface area contributed by atoms with Gasteiger partial charge in [-0.1, -0.05) is 6.07 Å². The van der Waals surface area contributed by atoms with Gasteiger partial charge in [0.2, 0.25) is 0 Å². The third-order valence-electron chi connectivity index (χ3n) is 5.41. The van der Waals surface area contributed by atoms with Gasteiger partial charge in [0.05, 0.1) is 5.69 Å². The minimum atomic E-state index is -1.65. The number of carbonyl (C=O) groups is 2. The van der Waals surface area contributed by atoms with Crippen LogP contribution < -0.4 is 5.32 Å². The van der Waals surface area contributed by atoms with Crippen LogP contribution in [0.4, 0.5) is 10.1 Å². The van der Waals surface area contributed by atoms with E-state index in [9.17, 15) is 14.0 Å². The molecule has 34 heavy (non-hydrogen) atoms. The molecule has 0 saturated heterocycles. The van der Waals surface area contributed by atoms with E-state index >= 15 is 0 Å². The van der Waals surface area contributed by atoms with E-state index in [1.54, 1.807) is 30.7 Å². The summed E-state index contributed by atoms with van der Waals surface area (Å²) < 4.78 is 14.3. The average Bonchev–Trinajstić information content (AvgIpc) is 2.85. The molecule has 0 saturated carbocycles. The first-order chi connectivity index (χ1) is 16.2. The Labute approximate surface area is 196 Å². The van der Waals surface area contributed by atoms with Crippen LogP contribution in [-0.4, -0.2) is 27.1 Å². The van der Waals surface area contributed by atoms with E-state index in [1.807, 2.05) is 37.3 Å². The number of aryl methyl sites for hydroxylation is 1. The zero-order chi connectivity index (χ0) is 24.3.